The zero-order valence-corrected chi connectivity index (χ0v) is 15.7. The molecule has 1 unspecified atom stereocenters. The van der Waals surface area contributed by atoms with Crippen LogP contribution in [0.1, 0.15) is 34.8 Å². The highest BCUT2D eigenvalue weighted by molar-refractivity contribution is 7.92. The average molecular weight is 395 g/mol. The molecule has 1 saturated heterocycles. The van der Waals surface area contributed by atoms with Crippen molar-refractivity contribution in [1.82, 2.24) is 14.5 Å². The molecule has 0 radical (unpaired) electrons. The van der Waals surface area contributed by atoms with Gasteiger partial charge in [-0.15, -0.1) is 5.10 Å². The van der Waals surface area contributed by atoms with E-state index in [0.717, 1.165) is 30.6 Å². The molecular weight excluding hydrogens is 378 g/mol. The molecule has 0 aliphatic carbocycles. The van der Waals surface area contributed by atoms with E-state index in [4.69, 9.17) is 9.47 Å². The standard InChI is InChI=1S/C16H17N3O5S2/c1-26(21,22)16-14(17-18-25-16)11-3-2-6-19(8-11)15(20)10-4-5-12-13(7-10)24-9-23-12/h4-5,7,11H,2-3,6,8-9H2,1H3. The number of likely N-dealkylation sites (tertiary alicyclic amines) is 1. The van der Waals surface area contributed by atoms with Gasteiger partial charge in [-0.3, -0.25) is 4.79 Å². The third-order valence-electron chi connectivity index (χ3n) is 4.53. The number of fused-ring (bicyclic) bond motifs is 1. The first-order valence-corrected chi connectivity index (χ1v) is 10.8. The second-order valence-corrected chi connectivity index (χ2v) is 9.34. The largest absolute Gasteiger partial charge is 0.454 e. The lowest BCUT2D eigenvalue weighted by atomic mass is 9.95. The SMILES string of the molecule is CS(=O)(=O)c1snnc1C1CCCN(C(=O)c2ccc3c(c2)OCO3)C1. The Morgan fingerprint density at radius 2 is 2.12 bits per heavy atom. The number of piperidine rings is 1. The molecule has 1 fully saturated rings. The fourth-order valence-electron chi connectivity index (χ4n) is 3.29. The lowest BCUT2D eigenvalue weighted by Gasteiger charge is -2.32. The first-order chi connectivity index (χ1) is 12.4. The van der Waals surface area contributed by atoms with Gasteiger partial charge in [0.15, 0.2) is 25.5 Å². The van der Waals surface area contributed by atoms with Crippen molar-refractivity contribution in [3.05, 3.63) is 29.5 Å². The van der Waals surface area contributed by atoms with Crippen LogP contribution in [0.15, 0.2) is 22.4 Å². The third-order valence-corrected chi connectivity index (χ3v) is 7.09. The van der Waals surface area contributed by atoms with Crippen molar-refractivity contribution >= 4 is 27.3 Å². The number of ether oxygens (including phenoxy) is 2. The van der Waals surface area contributed by atoms with Crippen LogP contribution in [0, 0.1) is 0 Å². The first-order valence-electron chi connectivity index (χ1n) is 8.15. The van der Waals surface area contributed by atoms with Crippen LogP contribution in [0.3, 0.4) is 0 Å². The van der Waals surface area contributed by atoms with Gasteiger partial charge in [-0.05, 0) is 31.0 Å². The minimum atomic E-state index is -3.38. The number of carbonyl (C=O) groups excluding carboxylic acids is 1. The summed E-state index contributed by atoms with van der Waals surface area (Å²) >= 11 is 0.887. The average Bonchev–Trinajstić information content (AvgIpc) is 3.29. The van der Waals surface area contributed by atoms with E-state index < -0.39 is 9.84 Å². The monoisotopic (exact) mass is 395 g/mol. The highest BCUT2D eigenvalue weighted by Crippen LogP contribution is 2.35. The van der Waals surface area contributed by atoms with Gasteiger partial charge in [-0.2, -0.15) is 0 Å². The van der Waals surface area contributed by atoms with E-state index in [2.05, 4.69) is 9.59 Å². The number of nitrogens with zero attached hydrogens (tertiary/aromatic N) is 3. The van der Waals surface area contributed by atoms with Crippen molar-refractivity contribution in [2.75, 3.05) is 26.1 Å². The summed E-state index contributed by atoms with van der Waals surface area (Å²) in [4.78, 5) is 14.6. The molecule has 1 aromatic carbocycles. The molecule has 1 atom stereocenters. The topological polar surface area (TPSA) is 98.7 Å². The van der Waals surface area contributed by atoms with Crippen molar-refractivity contribution in [2.24, 2.45) is 0 Å². The smallest absolute Gasteiger partial charge is 0.254 e. The Balaban J connectivity index is 1.56. The highest BCUT2D eigenvalue weighted by atomic mass is 32.2. The van der Waals surface area contributed by atoms with E-state index in [1.54, 1.807) is 23.1 Å². The van der Waals surface area contributed by atoms with Gasteiger partial charge in [0.2, 0.25) is 6.79 Å². The molecule has 3 heterocycles. The fraction of sp³-hybridized carbons (Fsp3) is 0.438. The Labute approximate surface area is 154 Å². The van der Waals surface area contributed by atoms with E-state index in [1.165, 1.54) is 0 Å². The molecule has 1 aromatic heterocycles. The highest BCUT2D eigenvalue weighted by Gasteiger charge is 2.31. The van der Waals surface area contributed by atoms with Crippen molar-refractivity contribution in [3.63, 3.8) is 0 Å². The Bertz CT molecular complexity index is 957. The number of hydrogen-bond acceptors (Lipinski definition) is 8. The maximum Gasteiger partial charge on any atom is 0.254 e. The minimum absolute atomic E-state index is 0.114. The molecule has 2 aliphatic heterocycles. The van der Waals surface area contributed by atoms with E-state index in [1.807, 2.05) is 0 Å². The predicted octanol–water partition coefficient (Wildman–Crippen LogP) is 1.69. The Morgan fingerprint density at radius 1 is 1.31 bits per heavy atom. The van der Waals surface area contributed by atoms with Crippen LogP contribution in [-0.2, 0) is 9.84 Å². The van der Waals surface area contributed by atoms with Crippen LogP contribution in [-0.4, -0.2) is 55.0 Å². The van der Waals surface area contributed by atoms with Crippen LogP contribution in [0.5, 0.6) is 11.5 Å². The molecule has 26 heavy (non-hydrogen) atoms. The summed E-state index contributed by atoms with van der Waals surface area (Å²) < 4.78 is 38.5. The lowest BCUT2D eigenvalue weighted by Crippen LogP contribution is -2.39. The molecule has 2 aliphatic rings. The molecule has 0 spiro atoms. The third kappa shape index (κ3) is 3.14. The number of hydrogen-bond donors (Lipinski definition) is 0. The summed E-state index contributed by atoms with van der Waals surface area (Å²) in [5, 5.41) is 4.03. The van der Waals surface area contributed by atoms with Gasteiger partial charge in [0.05, 0.1) is 5.69 Å². The van der Waals surface area contributed by atoms with E-state index in [9.17, 15) is 13.2 Å². The summed E-state index contributed by atoms with van der Waals surface area (Å²) in [6.07, 6.45) is 2.71. The van der Waals surface area contributed by atoms with Crippen LogP contribution in [0.25, 0.3) is 0 Å². The molecule has 0 bridgehead atoms. The van der Waals surface area contributed by atoms with Crippen molar-refractivity contribution in [3.8, 4) is 11.5 Å². The molecule has 4 rings (SSSR count). The van der Waals surface area contributed by atoms with E-state index in [-0.39, 0.29) is 22.8 Å². The Hall–Kier alpha value is -2.20. The summed E-state index contributed by atoms with van der Waals surface area (Å²) in [5.41, 5.74) is 0.996. The molecule has 2 aromatic rings. The zero-order valence-electron chi connectivity index (χ0n) is 14.0. The van der Waals surface area contributed by atoms with Crippen molar-refractivity contribution in [2.45, 2.75) is 23.0 Å². The van der Waals surface area contributed by atoms with E-state index in [0.29, 0.717) is 35.8 Å². The number of benzene rings is 1. The molecule has 138 valence electrons. The summed E-state index contributed by atoms with van der Waals surface area (Å²) in [5.74, 6) is 0.944. The van der Waals surface area contributed by atoms with Gasteiger partial charge >= 0.3 is 0 Å². The summed E-state index contributed by atoms with van der Waals surface area (Å²) in [6, 6.07) is 5.12. The number of aromatic nitrogens is 2. The van der Waals surface area contributed by atoms with Crippen LogP contribution < -0.4 is 9.47 Å². The maximum absolute atomic E-state index is 12.9. The number of amides is 1. The molecule has 0 N–H and O–H groups in total. The summed E-state index contributed by atoms with van der Waals surface area (Å²) in [6.45, 7) is 1.20. The Kier molecular flexibility index (Phi) is 4.31. The molecule has 10 heteroatoms. The first kappa shape index (κ1) is 17.2. The second kappa shape index (κ2) is 6.51. The van der Waals surface area contributed by atoms with Crippen molar-refractivity contribution in [1.29, 1.82) is 0 Å². The maximum atomic E-state index is 12.9. The second-order valence-electron chi connectivity index (χ2n) is 6.38. The number of rotatable bonds is 3. The zero-order chi connectivity index (χ0) is 18.3. The molecule has 1 amide bonds. The minimum Gasteiger partial charge on any atom is -0.454 e. The molecular formula is C16H17N3O5S2. The van der Waals surface area contributed by atoms with Gasteiger partial charge < -0.3 is 14.4 Å². The molecule has 0 saturated carbocycles. The number of sulfone groups is 1. The predicted molar refractivity (Wildman–Crippen MR) is 93.5 cm³/mol. The number of carbonyl (C=O) groups is 1. The van der Waals surface area contributed by atoms with Gasteiger partial charge in [0.25, 0.3) is 5.91 Å². The van der Waals surface area contributed by atoms with Gasteiger partial charge in [0, 0.05) is 42.4 Å². The van der Waals surface area contributed by atoms with Crippen LogP contribution in [0.4, 0.5) is 0 Å². The van der Waals surface area contributed by atoms with Crippen LogP contribution >= 0.6 is 11.5 Å². The quantitative estimate of drug-likeness (QED) is 0.780. The fourth-order valence-corrected chi connectivity index (χ4v) is 5.02. The summed E-state index contributed by atoms with van der Waals surface area (Å²) in [7, 11) is -3.38. The van der Waals surface area contributed by atoms with Gasteiger partial charge in [-0.1, -0.05) is 4.49 Å². The van der Waals surface area contributed by atoms with Crippen molar-refractivity contribution < 1.29 is 22.7 Å². The van der Waals surface area contributed by atoms with E-state index >= 15 is 0 Å². The van der Waals surface area contributed by atoms with Crippen LogP contribution in [0.2, 0.25) is 0 Å². The Morgan fingerprint density at radius 3 is 2.92 bits per heavy atom. The van der Waals surface area contributed by atoms with Gasteiger partial charge in [-0.25, -0.2) is 8.42 Å². The van der Waals surface area contributed by atoms with Gasteiger partial charge in [0.1, 0.15) is 0 Å². The lowest BCUT2D eigenvalue weighted by molar-refractivity contribution is 0.0704. The normalized spacial score (nSPS) is 19.6. The molecule has 8 nitrogen and oxygen atoms in total.